The van der Waals surface area contributed by atoms with Gasteiger partial charge in [0.15, 0.2) is 6.61 Å². The smallest absolute Gasteiger partial charge is 0.255 e. The van der Waals surface area contributed by atoms with Crippen LogP contribution in [0.15, 0.2) is 42.5 Å². The van der Waals surface area contributed by atoms with E-state index in [0.29, 0.717) is 24.3 Å². The lowest BCUT2D eigenvalue weighted by atomic mass is 10.1. The molecule has 0 aliphatic heterocycles. The molecular formula is C19H22N2O4. The van der Waals surface area contributed by atoms with E-state index in [-0.39, 0.29) is 12.5 Å². The van der Waals surface area contributed by atoms with E-state index in [2.05, 4.69) is 5.32 Å². The third-order valence-corrected chi connectivity index (χ3v) is 3.67. The van der Waals surface area contributed by atoms with Gasteiger partial charge in [-0.25, -0.2) is 0 Å². The average Bonchev–Trinajstić information content (AvgIpc) is 2.61. The lowest BCUT2D eigenvalue weighted by molar-refractivity contribution is -0.119. The fourth-order valence-electron chi connectivity index (χ4n) is 2.30. The normalized spacial score (nSPS) is 10.2. The van der Waals surface area contributed by atoms with Crippen molar-refractivity contribution in [3.05, 3.63) is 59.2 Å². The van der Waals surface area contributed by atoms with Gasteiger partial charge in [0.25, 0.3) is 11.8 Å². The van der Waals surface area contributed by atoms with E-state index in [1.54, 1.807) is 31.4 Å². The molecule has 6 heteroatoms. The topological polar surface area (TPSA) is 90.7 Å². The van der Waals surface area contributed by atoms with Crippen molar-refractivity contribution < 1.29 is 19.1 Å². The summed E-state index contributed by atoms with van der Waals surface area (Å²) in [5, 5.41) is 2.87. The number of benzene rings is 2. The minimum Gasteiger partial charge on any atom is -0.496 e. The Morgan fingerprint density at radius 1 is 1.12 bits per heavy atom. The van der Waals surface area contributed by atoms with Crippen molar-refractivity contribution in [2.24, 2.45) is 5.73 Å². The number of hydrogen-bond acceptors (Lipinski definition) is 4. The van der Waals surface area contributed by atoms with Gasteiger partial charge in [-0.05, 0) is 54.8 Å². The molecule has 0 spiro atoms. The van der Waals surface area contributed by atoms with Crippen molar-refractivity contribution in [1.29, 1.82) is 0 Å². The SMILES string of the molecule is COc1cc(CCNC(=O)c2ccc(OCC(N)=O)cc2)ccc1C. The standard InChI is InChI=1S/C19H22N2O4/c1-13-3-4-14(11-17(13)24-2)9-10-21-19(23)15-5-7-16(8-6-15)25-12-18(20)22/h3-8,11H,9-10,12H2,1-2H3,(H2,20,22)(H,21,23). The minimum absolute atomic E-state index is 0.166. The Balaban J connectivity index is 1.84. The first kappa shape index (κ1) is 18.3. The predicted octanol–water partition coefficient (Wildman–Crippen LogP) is 1.84. The van der Waals surface area contributed by atoms with Crippen molar-refractivity contribution in [3.8, 4) is 11.5 Å². The zero-order valence-electron chi connectivity index (χ0n) is 14.4. The van der Waals surface area contributed by atoms with Crippen molar-refractivity contribution in [2.75, 3.05) is 20.3 Å². The molecule has 2 amide bonds. The number of nitrogens with two attached hydrogens (primary N) is 1. The van der Waals surface area contributed by atoms with Crippen LogP contribution in [0, 0.1) is 6.92 Å². The number of methoxy groups -OCH3 is 1. The zero-order valence-corrected chi connectivity index (χ0v) is 14.4. The van der Waals surface area contributed by atoms with E-state index in [1.807, 2.05) is 25.1 Å². The molecule has 2 aromatic carbocycles. The summed E-state index contributed by atoms with van der Waals surface area (Å²) in [7, 11) is 1.64. The van der Waals surface area contributed by atoms with Crippen LogP contribution in [0.1, 0.15) is 21.5 Å². The van der Waals surface area contributed by atoms with E-state index in [9.17, 15) is 9.59 Å². The van der Waals surface area contributed by atoms with Gasteiger partial charge in [0.1, 0.15) is 11.5 Å². The summed E-state index contributed by atoms with van der Waals surface area (Å²) in [6, 6.07) is 12.5. The van der Waals surface area contributed by atoms with Crippen LogP contribution in [0.4, 0.5) is 0 Å². The monoisotopic (exact) mass is 342 g/mol. The molecule has 132 valence electrons. The molecule has 0 heterocycles. The number of rotatable bonds is 8. The third-order valence-electron chi connectivity index (χ3n) is 3.67. The predicted molar refractivity (Wildman–Crippen MR) is 94.9 cm³/mol. The molecule has 0 aromatic heterocycles. The van der Waals surface area contributed by atoms with Gasteiger partial charge in [-0.2, -0.15) is 0 Å². The summed E-state index contributed by atoms with van der Waals surface area (Å²) in [4.78, 5) is 22.8. The highest BCUT2D eigenvalue weighted by atomic mass is 16.5. The van der Waals surface area contributed by atoms with E-state index < -0.39 is 5.91 Å². The fourth-order valence-corrected chi connectivity index (χ4v) is 2.30. The highest BCUT2D eigenvalue weighted by Gasteiger charge is 2.06. The molecule has 0 saturated carbocycles. The maximum absolute atomic E-state index is 12.1. The lowest BCUT2D eigenvalue weighted by Crippen LogP contribution is -2.25. The molecule has 6 nitrogen and oxygen atoms in total. The summed E-state index contributed by atoms with van der Waals surface area (Å²) >= 11 is 0. The van der Waals surface area contributed by atoms with Crippen LogP contribution in [0.3, 0.4) is 0 Å². The van der Waals surface area contributed by atoms with Crippen LogP contribution in [0.25, 0.3) is 0 Å². The van der Waals surface area contributed by atoms with Crippen LogP contribution >= 0.6 is 0 Å². The molecule has 0 saturated heterocycles. The molecule has 0 aliphatic carbocycles. The Labute approximate surface area is 146 Å². The van der Waals surface area contributed by atoms with Crippen molar-refractivity contribution in [1.82, 2.24) is 5.32 Å². The number of aryl methyl sites for hydroxylation is 1. The first-order valence-corrected chi connectivity index (χ1v) is 7.92. The van der Waals surface area contributed by atoms with E-state index in [0.717, 1.165) is 16.9 Å². The molecule has 2 rings (SSSR count). The van der Waals surface area contributed by atoms with E-state index >= 15 is 0 Å². The Hall–Kier alpha value is -3.02. The Morgan fingerprint density at radius 2 is 1.84 bits per heavy atom. The van der Waals surface area contributed by atoms with Gasteiger partial charge in [0, 0.05) is 12.1 Å². The van der Waals surface area contributed by atoms with E-state index in [4.69, 9.17) is 15.2 Å². The molecule has 0 radical (unpaired) electrons. The molecule has 25 heavy (non-hydrogen) atoms. The Bertz CT molecular complexity index is 742. The Morgan fingerprint density at radius 3 is 2.48 bits per heavy atom. The van der Waals surface area contributed by atoms with Crippen LogP contribution < -0.4 is 20.5 Å². The second-order valence-electron chi connectivity index (χ2n) is 5.59. The number of ether oxygens (including phenoxy) is 2. The molecule has 0 atom stereocenters. The van der Waals surface area contributed by atoms with Crippen molar-refractivity contribution in [2.45, 2.75) is 13.3 Å². The first-order chi connectivity index (χ1) is 12.0. The van der Waals surface area contributed by atoms with Crippen LogP contribution in [-0.2, 0) is 11.2 Å². The van der Waals surface area contributed by atoms with Gasteiger partial charge >= 0.3 is 0 Å². The molecule has 0 unspecified atom stereocenters. The number of hydrogen-bond donors (Lipinski definition) is 2. The highest BCUT2D eigenvalue weighted by Crippen LogP contribution is 2.19. The van der Waals surface area contributed by atoms with Crippen molar-refractivity contribution in [3.63, 3.8) is 0 Å². The third kappa shape index (κ3) is 5.53. The van der Waals surface area contributed by atoms with Crippen molar-refractivity contribution >= 4 is 11.8 Å². The zero-order chi connectivity index (χ0) is 18.2. The van der Waals surface area contributed by atoms with Gasteiger partial charge in [-0.1, -0.05) is 12.1 Å². The Kier molecular flexibility index (Phi) is 6.39. The van der Waals surface area contributed by atoms with Crippen LogP contribution in [0.5, 0.6) is 11.5 Å². The number of carbonyl (C=O) groups is 2. The van der Waals surface area contributed by atoms with E-state index in [1.165, 1.54) is 0 Å². The number of carbonyl (C=O) groups excluding carboxylic acids is 2. The summed E-state index contributed by atoms with van der Waals surface area (Å²) in [6.45, 7) is 2.32. The molecule has 2 aromatic rings. The van der Waals surface area contributed by atoms with Gasteiger partial charge in [-0.3, -0.25) is 9.59 Å². The molecular weight excluding hydrogens is 320 g/mol. The fraction of sp³-hybridized carbons (Fsp3) is 0.263. The van der Waals surface area contributed by atoms with Gasteiger partial charge in [0.2, 0.25) is 0 Å². The number of amides is 2. The summed E-state index contributed by atoms with van der Waals surface area (Å²) in [5.41, 5.74) is 7.71. The molecule has 0 fully saturated rings. The average molecular weight is 342 g/mol. The first-order valence-electron chi connectivity index (χ1n) is 7.92. The van der Waals surface area contributed by atoms with Gasteiger partial charge in [0.05, 0.1) is 7.11 Å². The summed E-state index contributed by atoms with van der Waals surface area (Å²) in [5.74, 6) is 0.618. The number of primary amides is 1. The van der Waals surface area contributed by atoms with Crippen LogP contribution in [0.2, 0.25) is 0 Å². The molecule has 0 bridgehead atoms. The van der Waals surface area contributed by atoms with Gasteiger partial charge < -0.3 is 20.5 Å². The quantitative estimate of drug-likeness (QED) is 0.766. The maximum Gasteiger partial charge on any atom is 0.255 e. The second-order valence-corrected chi connectivity index (χ2v) is 5.59. The minimum atomic E-state index is -0.547. The molecule has 3 N–H and O–H groups in total. The second kappa shape index (κ2) is 8.73. The van der Waals surface area contributed by atoms with Crippen LogP contribution in [-0.4, -0.2) is 32.1 Å². The lowest BCUT2D eigenvalue weighted by Gasteiger charge is -2.09. The summed E-state index contributed by atoms with van der Waals surface area (Å²) < 4.78 is 10.5. The molecule has 0 aliphatic rings. The number of nitrogens with one attached hydrogen (secondary N) is 1. The largest absolute Gasteiger partial charge is 0.496 e. The highest BCUT2D eigenvalue weighted by molar-refractivity contribution is 5.94. The summed E-state index contributed by atoms with van der Waals surface area (Å²) in [6.07, 6.45) is 0.711. The maximum atomic E-state index is 12.1. The van der Waals surface area contributed by atoms with Gasteiger partial charge in [-0.15, -0.1) is 0 Å².